The lowest BCUT2D eigenvalue weighted by Gasteiger charge is -2.20. The van der Waals surface area contributed by atoms with E-state index in [9.17, 15) is 14.0 Å². The monoisotopic (exact) mass is 494 g/mol. The van der Waals surface area contributed by atoms with Crippen LogP contribution >= 0.6 is 0 Å². The molecule has 8 heteroatoms. The second-order valence-corrected chi connectivity index (χ2v) is 7.93. The van der Waals surface area contributed by atoms with Gasteiger partial charge in [-0.1, -0.05) is 24.3 Å². The van der Waals surface area contributed by atoms with Gasteiger partial charge in [-0.2, -0.15) is 0 Å². The van der Waals surface area contributed by atoms with Crippen LogP contribution in [0.1, 0.15) is 41.4 Å². The first-order chi connectivity index (χ1) is 17.4. The average molecular weight is 495 g/mol. The van der Waals surface area contributed by atoms with Crippen molar-refractivity contribution in [3.63, 3.8) is 0 Å². The summed E-state index contributed by atoms with van der Waals surface area (Å²) in [5, 5.41) is 5.61. The molecule has 0 fully saturated rings. The topological polar surface area (TPSA) is 85.9 Å². The molecule has 2 N–H and O–H groups in total. The molecule has 0 bridgehead atoms. The van der Waals surface area contributed by atoms with Crippen molar-refractivity contribution in [1.82, 2.24) is 10.6 Å². The smallest absolute Gasteiger partial charge is 0.251 e. The van der Waals surface area contributed by atoms with Crippen molar-refractivity contribution < 1.29 is 28.2 Å². The van der Waals surface area contributed by atoms with Crippen molar-refractivity contribution in [2.75, 3.05) is 26.9 Å². The SMILES string of the molecule is CCOc1ccc(C(=O)NCC(=O)NC(Cc2ccc(F)cc2)c2ccc(OC)cc2)cc1OCC. The molecule has 0 aliphatic rings. The fraction of sp³-hybridized carbons (Fsp3) is 0.286. The molecule has 3 aromatic carbocycles. The molecule has 0 aromatic heterocycles. The van der Waals surface area contributed by atoms with Crippen molar-refractivity contribution in [2.45, 2.75) is 26.3 Å². The van der Waals surface area contributed by atoms with Crippen molar-refractivity contribution in [2.24, 2.45) is 0 Å². The van der Waals surface area contributed by atoms with E-state index in [2.05, 4.69) is 10.6 Å². The van der Waals surface area contributed by atoms with E-state index in [1.54, 1.807) is 37.4 Å². The van der Waals surface area contributed by atoms with Crippen molar-refractivity contribution >= 4 is 11.8 Å². The maximum Gasteiger partial charge on any atom is 0.251 e. The van der Waals surface area contributed by atoms with Gasteiger partial charge in [0.2, 0.25) is 5.91 Å². The van der Waals surface area contributed by atoms with Gasteiger partial charge in [0.15, 0.2) is 11.5 Å². The molecule has 0 aliphatic carbocycles. The summed E-state index contributed by atoms with van der Waals surface area (Å²) in [7, 11) is 1.58. The van der Waals surface area contributed by atoms with Gasteiger partial charge in [-0.05, 0) is 73.9 Å². The highest BCUT2D eigenvalue weighted by atomic mass is 19.1. The first-order valence-electron chi connectivity index (χ1n) is 11.8. The Bertz CT molecular complexity index is 1150. The molecular weight excluding hydrogens is 463 g/mol. The number of rotatable bonds is 12. The summed E-state index contributed by atoms with van der Waals surface area (Å²) in [6.07, 6.45) is 0.447. The summed E-state index contributed by atoms with van der Waals surface area (Å²) >= 11 is 0. The zero-order valence-electron chi connectivity index (χ0n) is 20.7. The predicted octanol–water partition coefficient (Wildman–Crippen LogP) is 4.46. The lowest BCUT2D eigenvalue weighted by atomic mass is 9.98. The third kappa shape index (κ3) is 7.46. The molecule has 190 valence electrons. The van der Waals surface area contributed by atoms with Gasteiger partial charge in [0.05, 0.1) is 32.9 Å². The van der Waals surface area contributed by atoms with Crippen LogP contribution in [0.2, 0.25) is 0 Å². The van der Waals surface area contributed by atoms with Crippen molar-refractivity contribution in [3.8, 4) is 17.2 Å². The van der Waals surface area contributed by atoms with Gasteiger partial charge >= 0.3 is 0 Å². The highest BCUT2D eigenvalue weighted by molar-refractivity contribution is 5.97. The number of methoxy groups -OCH3 is 1. The maximum atomic E-state index is 13.3. The molecule has 1 unspecified atom stereocenters. The summed E-state index contributed by atoms with van der Waals surface area (Å²) in [5.41, 5.74) is 2.07. The summed E-state index contributed by atoms with van der Waals surface area (Å²) < 4.78 is 29.7. The largest absolute Gasteiger partial charge is 0.497 e. The molecule has 0 aliphatic heterocycles. The fourth-order valence-electron chi connectivity index (χ4n) is 3.64. The van der Waals surface area contributed by atoms with Gasteiger partial charge in [0.1, 0.15) is 11.6 Å². The van der Waals surface area contributed by atoms with Crippen LogP contribution in [0.15, 0.2) is 66.7 Å². The summed E-state index contributed by atoms with van der Waals surface area (Å²) in [5.74, 6) is 0.621. The molecule has 1 atom stereocenters. The van der Waals surface area contributed by atoms with E-state index >= 15 is 0 Å². The molecule has 0 radical (unpaired) electrons. The van der Waals surface area contributed by atoms with Crippen LogP contribution in [0.25, 0.3) is 0 Å². The molecule has 2 amide bonds. The number of hydrogen-bond acceptors (Lipinski definition) is 5. The van der Waals surface area contributed by atoms with Gasteiger partial charge in [-0.25, -0.2) is 4.39 Å². The summed E-state index contributed by atoms with van der Waals surface area (Å²) in [6, 6.07) is 18.0. The molecular formula is C28H31FN2O5. The Balaban J connectivity index is 1.67. The summed E-state index contributed by atoms with van der Waals surface area (Å²) in [4.78, 5) is 25.5. The Morgan fingerprint density at radius 1 is 0.889 bits per heavy atom. The number of ether oxygens (including phenoxy) is 3. The van der Waals surface area contributed by atoms with Crippen LogP contribution in [0.5, 0.6) is 17.2 Å². The Hall–Kier alpha value is -4.07. The van der Waals surface area contributed by atoms with Gasteiger partial charge in [0, 0.05) is 5.56 Å². The van der Waals surface area contributed by atoms with E-state index in [1.165, 1.54) is 12.1 Å². The molecule has 0 heterocycles. The number of hydrogen-bond donors (Lipinski definition) is 2. The standard InChI is InChI=1S/C28H31FN2O5/c1-4-35-25-15-10-21(17-26(25)36-5-2)28(33)30-18-27(32)31-24(16-19-6-11-22(29)12-7-19)20-8-13-23(34-3)14-9-20/h6-15,17,24H,4-5,16,18H2,1-3H3,(H,30,33)(H,31,32). The Kier molecular flexibility index (Phi) is 9.68. The number of halogens is 1. The number of carbonyl (C=O) groups excluding carboxylic acids is 2. The third-order valence-corrected chi connectivity index (χ3v) is 5.42. The van der Waals surface area contributed by atoms with E-state index in [0.29, 0.717) is 42.4 Å². The van der Waals surface area contributed by atoms with E-state index in [1.807, 2.05) is 38.1 Å². The molecule has 0 spiro atoms. The minimum Gasteiger partial charge on any atom is -0.497 e. The Morgan fingerprint density at radius 2 is 1.56 bits per heavy atom. The minimum absolute atomic E-state index is 0.216. The van der Waals surface area contributed by atoms with Gasteiger partial charge in [-0.15, -0.1) is 0 Å². The average Bonchev–Trinajstić information content (AvgIpc) is 2.89. The zero-order chi connectivity index (χ0) is 25.9. The number of nitrogens with one attached hydrogen (secondary N) is 2. The lowest BCUT2D eigenvalue weighted by Crippen LogP contribution is -2.39. The highest BCUT2D eigenvalue weighted by Gasteiger charge is 2.18. The highest BCUT2D eigenvalue weighted by Crippen LogP contribution is 2.28. The second kappa shape index (κ2) is 13.1. The lowest BCUT2D eigenvalue weighted by molar-refractivity contribution is -0.120. The third-order valence-electron chi connectivity index (χ3n) is 5.42. The van der Waals surface area contributed by atoms with Crippen molar-refractivity contribution in [1.29, 1.82) is 0 Å². The van der Waals surface area contributed by atoms with E-state index in [0.717, 1.165) is 11.1 Å². The fourth-order valence-corrected chi connectivity index (χ4v) is 3.64. The number of carbonyl (C=O) groups is 2. The summed E-state index contributed by atoms with van der Waals surface area (Å²) in [6.45, 7) is 4.39. The normalized spacial score (nSPS) is 11.3. The number of amides is 2. The molecule has 7 nitrogen and oxygen atoms in total. The van der Waals surface area contributed by atoms with Crippen molar-refractivity contribution in [3.05, 3.63) is 89.2 Å². The molecule has 0 saturated heterocycles. The van der Waals surface area contributed by atoms with Crippen LogP contribution in [0.3, 0.4) is 0 Å². The first kappa shape index (κ1) is 26.5. The van der Waals surface area contributed by atoms with E-state index in [4.69, 9.17) is 14.2 Å². The second-order valence-electron chi connectivity index (χ2n) is 7.93. The molecule has 3 rings (SSSR count). The molecule has 36 heavy (non-hydrogen) atoms. The quantitative estimate of drug-likeness (QED) is 0.388. The maximum absolute atomic E-state index is 13.3. The number of benzene rings is 3. The van der Waals surface area contributed by atoms with Gasteiger partial charge in [0.25, 0.3) is 5.91 Å². The Labute approximate surface area is 210 Å². The minimum atomic E-state index is -0.409. The van der Waals surface area contributed by atoms with Gasteiger partial charge < -0.3 is 24.8 Å². The van der Waals surface area contributed by atoms with E-state index in [-0.39, 0.29) is 24.3 Å². The predicted molar refractivity (Wildman–Crippen MR) is 135 cm³/mol. The zero-order valence-corrected chi connectivity index (χ0v) is 20.7. The van der Waals surface area contributed by atoms with Crippen LogP contribution < -0.4 is 24.8 Å². The van der Waals surface area contributed by atoms with Crippen LogP contribution in [-0.4, -0.2) is 38.7 Å². The molecule has 3 aromatic rings. The Morgan fingerprint density at radius 3 is 2.19 bits per heavy atom. The van der Waals surface area contributed by atoms with E-state index < -0.39 is 5.91 Å². The van der Waals surface area contributed by atoms with Crippen LogP contribution in [0.4, 0.5) is 4.39 Å². The van der Waals surface area contributed by atoms with Crippen LogP contribution in [-0.2, 0) is 11.2 Å². The first-order valence-corrected chi connectivity index (χ1v) is 11.8. The van der Waals surface area contributed by atoms with Gasteiger partial charge in [-0.3, -0.25) is 9.59 Å². The molecule has 0 saturated carbocycles. The van der Waals surface area contributed by atoms with Crippen LogP contribution in [0, 0.1) is 5.82 Å².